The highest BCUT2D eigenvalue weighted by Crippen LogP contribution is 2.29. The number of carbonyl (C=O) groups excluding carboxylic acids is 1. The highest BCUT2D eigenvalue weighted by atomic mass is 16.5. The maximum Gasteiger partial charge on any atom is 0.337 e. The van der Waals surface area contributed by atoms with E-state index in [2.05, 4.69) is 10.3 Å². The minimum absolute atomic E-state index is 0.207. The van der Waals surface area contributed by atoms with Crippen molar-refractivity contribution in [3.63, 3.8) is 0 Å². The molecular formula is C21H26N4O3. The van der Waals surface area contributed by atoms with Crippen LogP contribution in [0.2, 0.25) is 0 Å². The molecule has 2 heterocycles. The van der Waals surface area contributed by atoms with Gasteiger partial charge < -0.3 is 20.5 Å². The van der Waals surface area contributed by atoms with E-state index in [1.54, 1.807) is 18.3 Å². The van der Waals surface area contributed by atoms with Crippen LogP contribution in [0.5, 0.6) is 0 Å². The fraction of sp³-hybridized carbons (Fsp3) is 0.381. The van der Waals surface area contributed by atoms with Gasteiger partial charge in [-0.25, -0.2) is 9.78 Å². The summed E-state index contributed by atoms with van der Waals surface area (Å²) in [4.78, 5) is 20.8. The van der Waals surface area contributed by atoms with Crippen LogP contribution in [0.3, 0.4) is 0 Å². The number of fused-ring (bicyclic) bond motifs is 3. The largest absolute Gasteiger partial charge is 0.465 e. The SMILES string of the molecule is COC(=O)c1ccc2c(c1)nc(NCCOCCC[C@H](C)N)c1ccncc12. The van der Waals surface area contributed by atoms with Gasteiger partial charge in [0.1, 0.15) is 5.82 Å². The molecule has 0 aliphatic heterocycles. The van der Waals surface area contributed by atoms with E-state index < -0.39 is 0 Å². The van der Waals surface area contributed by atoms with Gasteiger partial charge in [0.2, 0.25) is 0 Å². The predicted molar refractivity (Wildman–Crippen MR) is 111 cm³/mol. The first-order chi connectivity index (χ1) is 13.6. The number of ether oxygens (including phenoxy) is 2. The van der Waals surface area contributed by atoms with Crippen LogP contribution in [0, 0.1) is 0 Å². The molecule has 0 saturated heterocycles. The van der Waals surface area contributed by atoms with E-state index >= 15 is 0 Å². The minimum Gasteiger partial charge on any atom is -0.465 e. The monoisotopic (exact) mass is 382 g/mol. The Hall–Kier alpha value is -2.77. The summed E-state index contributed by atoms with van der Waals surface area (Å²) < 4.78 is 10.5. The van der Waals surface area contributed by atoms with Gasteiger partial charge in [0.05, 0.1) is 24.8 Å². The molecule has 3 N–H and O–H groups in total. The highest BCUT2D eigenvalue weighted by Gasteiger charge is 2.12. The van der Waals surface area contributed by atoms with Crippen LogP contribution in [0.15, 0.2) is 36.7 Å². The van der Waals surface area contributed by atoms with Gasteiger partial charge in [-0.2, -0.15) is 0 Å². The number of pyridine rings is 2. The summed E-state index contributed by atoms with van der Waals surface area (Å²) in [5.41, 5.74) is 6.91. The van der Waals surface area contributed by atoms with Gasteiger partial charge in [-0.15, -0.1) is 0 Å². The van der Waals surface area contributed by atoms with Gasteiger partial charge in [0.15, 0.2) is 0 Å². The van der Waals surface area contributed by atoms with E-state index in [-0.39, 0.29) is 12.0 Å². The van der Waals surface area contributed by atoms with Crippen molar-refractivity contribution in [2.24, 2.45) is 5.73 Å². The van der Waals surface area contributed by atoms with Crippen molar-refractivity contribution in [1.82, 2.24) is 9.97 Å². The zero-order chi connectivity index (χ0) is 19.9. The molecule has 1 atom stereocenters. The van der Waals surface area contributed by atoms with E-state index in [9.17, 15) is 4.79 Å². The van der Waals surface area contributed by atoms with E-state index in [1.807, 2.05) is 25.3 Å². The Morgan fingerprint density at radius 1 is 1.21 bits per heavy atom. The van der Waals surface area contributed by atoms with E-state index in [0.717, 1.165) is 34.8 Å². The third kappa shape index (κ3) is 4.74. The molecule has 0 unspecified atom stereocenters. The minimum atomic E-state index is -0.385. The van der Waals surface area contributed by atoms with Crippen LogP contribution in [-0.2, 0) is 9.47 Å². The molecule has 7 heteroatoms. The van der Waals surface area contributed by atoms with E-state index in [1.165, 1.54) is 7.11 Å². The second kappa shape index (κ2) is 9.43. The summed E-state index contributed by atoms with van der Waals surface area (Å²) in [6.07, 6.45) is 5.47. The molecule has 0 aliphatic carbocycles. The quantitative estimate of drug-likeness (QED) is 0.333. The van der Waals surface area contributed by atoms with Gasteiger partial charge in [-0.05, 0) is 38.0 Å². The van der Waals surface area contributed by atoms with Gasteiger partial charge >= 0.3 is 5.97 Å². The van der Waals surface area contributed by atoms with Crippen LogP contribution in [-0.4, -0.2) is 48.8 Å². The summed E-state index contributed by atoms with van der Waals surface area (Å²) in [6, 6.07) is 7.50. The van der Waals surface area contributed by atoms with Gasteiger partial charge in [0, 0.05) is 47.7 Å². The van der Waals surface area contributed by atoms with Crippen molar-refractivity contribution in [2.45, 2.75) is 25.8 Å². The van der Waals surface area contributed by atoms with E-state index in [0.29, 0.717) is 30.8 Å². The number of benzene rings is 1. The molecular weight excluding hydrogens is 356 g/mol. The van der Waals surface area contributed by atoms with Crippen molar-refractivity contribution in [3.05, 3.63) is 42.2 Å². The number of nitrogens with two attached hydrogens (primary N) is 1. The average molecular weight is 382 g/mol. The highest BCUT2D eigenvalue weighted by molar-refractivity contribution is 6.10. The van der Waals surface area contributed by atoms with Crippen LogP contribution in [0.4, 0.5) is 5.82 Å². The lowest BCUT2D eigenvalue weighted by Gasteiger charge is -2.12. The molecule has 0 saturated carbocycles. The molecule has 0 aliphatic rings. The number of hydrogen-bond acceptors (Lipinski definition) is 7. The normalized spacial score (nSPS) is 12.2. The number of hydrogen-bond donors (Lipinski definition) is 2. The molecule has 1 aromatic carbocycles. The summed E-state index contributed by atoms with van der Waals surface area (Å²) in [5, 5.41) is 6.23. The third-order valence-electron chi connectivity index (χ3n) is 4.50. The summed E-state index contributed by atoms with van der Waals surface area (Å²) in [7, 11) is 1.37. The Morgan fingerprint density at radius 3 is 2.86 bits per heavy atom. The topological polar surface area (TPSA) is 99.4 Å². The van der Waals surface area contributed by atoms with Crippen molar-refractivity contribution in [1.29, 1.82) is 0 Å². The number of esters is 1. The average Bonchev–Trinajstić information content (AvgIpc) is 2.71. The Bertz CT molecular complexity index is 959. The lowest BCUT2D eigenvalue weighted by Crippen LogP contribution is -2.16. The number of methoxy groups -OCH3 is 1. The Kier molecular flexibility index (Phi) is 6.73. The van der Waals surface area contributed by atoms with Crippen molar-refractivity contribution in [2.75, 3.05) is 32.2 Å². The van der Waals surface area contributed by atoms with Crippen molar-refractivity contribution < 1.29 is 14.3 Å². The summed E-state index contributed by atoms with van der Waals surface area (Å²) in [5.74, 6) is 0.357. The number of nitrogens with one attached hydrogen (secondary N) is 1. The molecule has 7 nitrogen and oxygen atoms in total. The first kappa shape index (κ1) is 20.0. The third-order valence-corrected chi connectivity index (χ3v) is 4.50. The van der Waals surface area contributed by atoms with E-state index in [4.69, 9.17) is 20.2 Å². The molecule has 2 aromatic heterocycles. The number of anilines is 1. The molecule has 0 bridgehead atoms. The Labute approximate surface area is 164 Å². The van der Waals surface area contributed by atoms with Crippen LogP contribution in [0.1, 0.15) is 30.1 Å². The molecule has 3 aromatic rings. The molecule has 0 radical (unpaired) electrons. The standard InChI is InChI=1S/C21H26N4O3/c1-14(22)4-3-10-28-11-9-24-20-17-7-8-23-13-18(17)16-6-5-15(21(26)27-2)12-19(16)25-20/h5-8,12-14H,3-4,9-11,22H2,1-2H3,(H,24,25)/t14-/m0/s1. The van der Waals surface area contributed by atoms with Crippen molar-refractivity contribution in [3.8, 4) is 0 Å². The Balaban J connectivity index is 1.77. The molecule has 148 valence electrons. The number of aromatic nitrogens is 2. The number of carbonyl (C=O) groups is 1. The predicted octanol–water partition coefficient (Wildman–Crippen LogP) is 3.13. The van der Waals surface area contributed by atoms with Crippen LogP contribution in [0.25, 0.3) is 21.7 Å². The molecule has 0 fully saturated rings. The Morgan fingerprint density at radius 2 is 2.07 bits per heavy atom. The van der Waals surface area contributed by atoms with Gasteiger partial charge in [0.25, 0.3) is 0 Å². The first-order valence-corrected chi connectivity index (χ1v) is 9.43. The number of nitrogens with zero attached hydrogens (tertiary/aromatic N) is 2. The lowest BCUT2D eigenvalue weighted by atomic mass is 10.1. The lowest BCUT2D eigenvalue weighted by molar-refractivity contribution is 0.0601. The summed E-state index contributed by atoms with van der Waals surface area (Å²) in [6.45, 7) is 3.90. The second-order valence-electron chi connectivity index (χ2n) is 6.76. The van der Waals surface area contributed by atoms with Crippen LogP contribution >= 0.6 is 0 Å². The molecule has 3 rings (SSSR count). The van der Waals surface area contributed by atoms with Crippen molar-refractivity contribution >= 4 is 33.5 Å². The molecule has 28 heavy (non-hydrogen) atoms. The fourth-order valence-electron chi connectivity index (χ4n) is 3.08. The first-order valence-electron chi connectivity index (χ1n) is 9.43. The van der Waals surface area contributed by atoms with Gasteiger partial charge in [-0.3, -0.25) is 4.98 Å². The maximum absolute atomic E-state index is 11.8. The molecule has 0 spiro atoms. The zero-order valence-corrected chi connectivity index (χ0v) is 16.3. The zero-order valence-electron chi connectivity index (χ0n) is 16.3. The second-order valence-corrected chi connectivity index (χ2v) is 6.76. The fourth-order valence-corrected chi connectivity index (χ4v) is 3.08. The molecule has 0 amide bonds. The van der Waals surface area contributed by atoms with Crippen LogP contribution < -0.4 is 11.1 Å². The maximum atomic E-state index is 11.8. The number of rotatable bonds is 9. The summed E-state index contributed by atoms with van der Waals surface area (Å²) >= 11 is 0. The van der Waals surface area contributed by atoms with Gasteiger partial charge in [-0.1, -0.05) is 6.07 Å². The smallest absolute Gasteiger partial charge is 0.337 e.